The van der Waals surface area contributed by atoms with E-state index in [1.54, 1.807) is 6.20 Å². The monoisotopic (exact) mass is 236 g/mol. The van der Waals surface area contributed by atoms with Crippen LogP contribution in [0.4, 0.5) is 0 Å². The summed E-state index contributed by atoms with van der Waals surface area (Å²) in [5.41, 5.74) is 1.46. The molecule has 1 amide bonds. The zero-order valence-electron chi connectivity index (χ0n) is 10.5. The van der Waals surface area contributed by atoms with E-state index in [4.69, 9.17) is 0 Å². The lowest BCUT2D eigenvalue weighted by Crippen LogP contribution is -2.44. The second-order valence-corrected chi connectivity index (χ2v) is 4.75. The van der Waals surface area contributed by atoms with E-state index in [1.807, 2.05) is 6.92 Å². The molecule has 1 aromatic heterocycles. The van der Waals surface area contributed by atoms with Gasteiger partial charge < -0.3 is 10.2 Å². The number of nitrogens with zero attached hydrogens (tertiary/aromatic N) is 2. The number of aryl methyl sites for hydroxylation is 1. The van der Waals surface area contributed by atoms with Crippen LogP contribution in [-0.2, 0) is 0 Å². The van der Waals surface area contributed by atoms with Crippen LogP contribution in [0.3, 0.4) is 0 Å². The lowest BCUT2D eigenvalue weighted by molar-refractivity contribution is 0.0928. The first-order chi connectivity index (χ1) is 8.18. The molecule has 0 bridgehead atoms. The number of aromatic nitrogens is 2. The van der Waals surface area contributed by atoms with Gasteiger partial charge in [0.05, 0.1) is 11.8 Å². The summed E-state index contributed by atoms with van der Waals surface area (Å²) < 4.78 is 0. The highest BCUT2D eigenvalue weighted by molar-refractivity contribution is 5.94. The molecule has 0 saturated carbocycles. The van der Waals surface area contributed by atoms with E-state index in [1.165, 1.54) is 19.3 Å². The van der Waals surface area contributed by atoms with E-state index in [9.17, 15) is 4.79 Å². The minimum absolute atomic E-state index is 0.0322. The summed E-state index contributed by atoms with van der Waals surface area (Å²) in [5, 5.41) is 9.62. The number of carbonyl (C=O) groups is 1. The quantitative estimate of drug-likeness (QED) is 0.821. The van der Waals surface area contributed by atoms with Gasteiger partial charge in [-0.25, -0.2) is 0 Å². The fourth-order valence-corrected chi connectivity index (χ4v) is 2.29. The molecule has 1 aromatic rings. The highest BCUT2D eigenvalue weighted by atomic mass is 16.1. The standard InChI is InChI=1S/C12H20N4O/c1-9-11(8-14-15-9)12(17)13-7-10-5-3-4-6-16(10)2/h8,10H,3-7H2,1-2H3,(H,13,17)(H,14,15). The number of amides is 1. The van der Waals surface area contributed by atoms with Gasteiger partial charge in [-0.1, -0.05) is 6.42 Å². The van der Waals surface area contributed by atoms with Gasteiger partial charge in [-0.15, -0.1) is 0 Å². The van der Waals surface area contributed by atoms with Crippen molar-refractivity contribution >= 4 is 5.91 Å². The summed E-state index contributed by atoms with van der Waals surface area (Å²) in [6.45, 7) is 3.71. The van der Waals surface area contributed by atoms with Gasteiger partial charge in [0.1, 0.15) is 0 Å². The third-order valence-corrected chi connectivity index (χ3v) is 3.49. The van der Waals surface area contributed by atoms with Crippen molar-refractivity contribution < 1.29 is 4.79 Å². The molecule has 1 aliphatic heterocycles. The summed E-state index contributed by atoms with van der Waals surface area (Å²) in [6, 6.07) is 0.472. The van der Waals surface area contributed by atoms with E-state index in [-0.39, 0.29) is 5.91 Å². The third-order valence-electron chi connectivity index (χ3n) is 3.49. The number of hydrogen-bond acceptors (Lipinski definition) is 3. The fourth-order valence-electron chi connectivity index (χ4n) is 2.29. The molecule has 2 N–H and O–H groups in total. The van der Waals surface area contributed by atoms with Crippen LogP contribution in [0.15, 0.2) is 6.20 Å². The molecule has 5 heteroatoms. The van der Waals surface area contributed by atoms with Gasteiger partial charge in [-0.3, -0.25) is 9.89 Å². The summed E-state index contributed by atoms with van der Waals surface area (Å²) >= 11 is 0. The number of likely N-dealkylation sites (N-methyl/N-ethyl adjacent to an activating group) is 1. The van der Waals surface area contributed by atoms with Crippen LogP contribution in [0.5, 0.6) is 0 Å². The zero-order valence-corrected chi connectivity index (χ0v) is 10.5. The maximum atomic E-state index is 11.9. The molecule has 1 atom stereocenters. The van der Waals surface area contributed by atoms with Gasteiger partial charge in [-0.2, -0.15) is 5.10 Å². The third kappa shape index (κ3) is 2.85. The first-order valence-corrected chi connectivity index (χ1v) is 6.17. The number of piperidine rings is 1. The van der Waals surface area contributed by atoms with E-state index >= 15 is 0 Å². The Labute approximate surface area is 102 Å². The van der Waals surface area contributed by atoms with Crippen LogP contribution in [0.25, 0.3) is 0 Å². The van der Waals surface area contributed by atoms with Crippen molar-refractivity contribution in [3.05, 3.63) is 17.5 Å². The average Bonchev–Trinajstić information content (AvgIpc) is 2.74. The first-order valence-electron chi connectivity index (χ1n) is 6.17. The van der Waals surface area contributed by atoms with E-state index in [2.05, 4.69) is 27.5 Å². The number of hydrogen-bond donors (Lipinski definition) is 2. The predicted octanol–water partition coefficient (Wildman–Crippen LogP) is 0.932. The molecule has 0 radical (unpaired) electrons. The normalized spacial score (nSPS) is 21.4. The minimum atomic E-state index is -0.0322. The number of nitrogens with one attached hydrogen (secondary N) is 2. The summed E-state index contributed by atoms with van der Waals surface area (Å²) in [6.07, 6.45) is 5.27. The molecule has 0 aliphatic carbocycles. The maximum Gasteiger partial charge on any atom is 0.254 e. The SMILES string of the molecule is Cc1[nH]ncc1C(=O)NCC1CCCCN1C. The van der Waals surface area contributed by atoms with Crippen LogP contribution < -0.4 is 5.32 Å². The lowest BCUT2D eigenvalue weighted by atomic mass is 10.0. The van der Waals surface area contributed by atoms with Crippen LogP contribution in [0.1, 0.15) is 35.3 Å². The van der Waals surface area contributed by atoms with Gasteiger partial charge in [0.15, 0.2) is 0 Å². The van der Waals surface area contributed by atoms with Crippen molar-refractivity contribution in [1.29, 1.82) is 0 Å². The van der Waals surface area contributed by atoms with Gasteiger partial charge in [-0.05, 0) is 33.4 Å². The Morgan fingerprint density at radius 2 is 2.47 bits per heavy atom. The highest BCUT2D eigenvalue weighted by Crippen LogP contribution is 2.14. The van der Waals surface area contributed by atoms with Crippen LogP contribution >= 0.6 is 0 Å². The van der Waals surface area contributed by atoms with Crippen LogP contribution in [0.2, 0.25) is 0 Å². The second-order valence-electron chi connectivity index (χ2n) is 4.75. The van der Waals surface area contributed by atoms with Gasteiger partial charge in [0.2, 0.25) is 0 Å². The van der Waals surface area contributed by atoms with Crippen LogP contribution in [0, 0.1) is 6.92 Å². The summed E-state index contributed by atoms with van der Waals surface area (Å²) in [5.74, 6) is -0.0322. The number of rotatable bonds is 3. The largest absolute Gasteiger partial charge is 0.350 e. The molecular weight excluding hydrogens is 216 g/mol. The summed E-state index contributed by atoms with van der Waals surface area (Å²) in [4.78, 5) is 14.2. The molecule has 2 heterocycles. The summed E-state index contributed by atoms with van der Waals surface area (Å²) in [7, 11) is 2.12. The smallest absolute Gasteiger partial charge is 0.254 e. The topological polar surface area (TPSA) is 61.0 Å². The minimum Gasteiger partial charge on any atom is -0.350 e. The van der Waals surface area contributed by atoms with Crippen molar-refractivity contribution in [2.45, 2.75) is 32.2 Å². The van der Waals surface area contributed by atoms with E-state index < -0.39 is 0 Å². The van der Waals surface area contributed by atoms with Gasteiger partial charge >= 0.3 is 0 Å². The molecule has 2 rings (SSSR count). The molecule has 0 spiro atoms. The van der Waals surface area contributed by atoms with Crippen molar-refractivity contribution in [3.8, 4) is 0 Å². The molecule has 1 aliphatic rings. The Morgan fingerprint density at radius 1 is 1.65 bits per heavy atom. The molecule has 94 valence electrons. The zero-order chi connectivity index (χ0) is 12.3. The average molecular weight is 236 g/mol. The molecular formula is C12H20N4O. The number of aromatic amines is 1. The predicted molar refractivity (Wildman–Crippen MR) is 65.9 cm³/mol. The number of H-pyrrole nitrogens is 1. The second kappa shape index (κ2) is 5.31. The van der Waals surface area contributed by atoms with Crippen molar-refractivity contribution in [2.24, 2.45) is 0 Å². The molecule has 5 nitrogen and oxygen atoms in total. The number of likely N-dealkylation sites (tertiary alicyclic amines) is 1. The molecule has 1 unspecified atom stereocenters. The Hall–Kier alpha value is -1.36. The molecule has 17 heavy (non-hydrogen) atoms. The number of carbonyl (C=O) groups excluding carboxylic acids is 1. The van der Waals surface area contributed by atoms with Crippen molar-refractivity contribution in [3.63, 3.8) is 0 Å². The van der Waals surface area contributed by atoms with Crippen molar-refractivity contribution in [2.75, 3.05) is 20.1 Å². The maximum absolute atomic E-state index is 11.9. The molecule has 1 fully saturated rings. The Balaban J connectivity index is 1.86. The van der Waals surface area contributed by atoms with E-state index in [0.717, 1.165) is 18.8 Å². The van der Waals surface area contributed by atoms with Crippen molar-refractivity contribution in [1.82, 2.24) is 20.4 Å². The Morgan fingerprint density at radius 3 is 3.12 bits per heavy atom. The highest BCUT2D eigenvalue weighted by Gasteiger charge is 2.20. The Kier molecular flexibility index (Phi) is 3.78. The first kappa shape index (κ1) is 12.1. The van der Waals surface area contributed by atoms with Gasteiger partial charge in [0.25, 0.3) is 5.91 Å². The van der Waals surface area contributed by atoms with Gasteiger partial charge in [0, 0.05) is 18.3 Å². The Bertz CT molecular complexity index is 388. The lowest BCUT2D eigenvalue weighted by Gasteiger charge is -2.32. The van der Waals surface area contributed by atoms with E-state index in [0.29, 0.717) is 11.6 Å². The molecule has 1 saturated heterocycles. The molecule has 0 aromatic carbocycles. The fraction of sp³-hybridized carbons (Fsp3) is 0.667. The van der Waals surface area contributed by atoms with Crippen LogP contribution in [-0.4, -0.2) is 47.2 Å².